The molecule has 0 fully saturated rings. The molecule has 0 saturated carbocycles. The van der Waals surface area contributed by atoms with E-state index in [4.69, 9.17) is 9.84 Å². The highest BCUT2D eigenvalue weighted by Crippen LogP contribution is 2.20. The van der Waals surface area contributed by atoms with E-state index in [1.807, 2.05) is 13.0 Å². The second kappa shape index (κ2) is 3.96. The van der Waals surface area contributed by atoms with Gasteiger partial charge >= 0.3 is 0 Å². The van der Waals surface area contributed by atoms with Crippen molar-refractivity contribution in [1.82, 2.24) is 10.2 Å². The number of aromatic hydroxyl groups is 1. The SMILES string of the molecule is Cc1ccc(Oc2ccc(O)cc2)nn1. The van der Waals surface area contributed by atoms with Gasteiger partial charge in [0.05, 0.1) is 5.69 Å². The van der Waals surface area contributed by atoms with Gasteiger partial charge in [0.1, 0.15) is 11.5 Å². The highest BCUT2D eigenvalue weighted by molar-refractivity contribution is 5.32. The Hall–Kier alpha value is -2.10. The highest BCUT2D eigenvalue weighted by atomic mass is 16.5. The fraction of sp³-hybridized carbons (Fsp3) is 0.0909. The van der Waals surface area contributed by atoms with Gasteiger partial charge in [-0.25, -0.2) is 0 Å². The Morgan fingerprint density at radius 1 is 1.00 bits per heavy atom. The van der Waals surface area contributed by atoms with Crippen LogP contribution in [-0.2, 0) is 0 Å². The van der Waals surface area contributed by atoms with Gasteiger partial charge in [0.25, 0.3) is 0 Å². The second-order valence-corrected chi connectivity index (χ2v) is 3.11. The molecule has 0 aliphatic heterocycles. The predicted molar refractivity (Wildman–Crippen MR) is 54.9 cm³/mol. The summed E-state index contributed by atoms with van der Waals surface area (Å²) >= 11 is 0. The van der Waals surface area contributed by atoms with E-state index >= 15 is 0 Å². The summed E-state index contributed by atoms with van der Waals surface area (Å²) in [4.78, 5) is 0. The molecule has 0 aliphatic carbocycles. The third kappa shape index (κ3) is 2.43. The molecular formula is C11H10N2O2. The third-order valence-electron chi connectivity index (χ3n) is 1.83. The Bertz CT molecular complexity index is 394. The van der Waals surface area contributed by atoms with Crippen LogP contribution >= 0.6 is 0 Å². The van der Waals surface area contributed by atoms with Crippen molar-refractivity contribution in [3.63, 3.8) is 0 Å². The zero-order valence-electron chi connectivity index (χ0n) is 8.21. The monoisotopic (exact) mass is 202 g/mol. The number of ether oxygens (including phenoxy) is 1. The number of benzene rings is 1. The van der Waals surface area contributed by atoms with Crippen molar-refractivity contribution >= 4 is 0 Å². The summed E-state index contributed by atoms with van der Waals surface area (Å²) in [6.07, 6.45) is 0. The lowest BCUT2D eigenvalue weighted by atomic mass is 10.3. The number of aromatic nitrogens is 2. The molecule has 0 saturated heterocycles. The Kier molecular flexibility index (Phi) is 2.49. The Labute approximate surface area is 87.2 Å². The van der Waals surface area contributed by atoms with Gasteiger partial charge in [0.2, 0.25) is 5.88 Å². The molecule has 76 valence electrons. The van der Waals surface area contributed by atoms with Gasteiger partial charge in [-0.05, 0) is 37.3 Å². The van der Waals surface area contributed by atoms with Gasteiger partial charge in [-0.1, -0.05) is 0 Å². The minimum atomic E-state index is 0.206. The fourth-order valence-electron chi connectivity index (χ4n) is 1.08. The minimum Gasteiger partial charge on any atom is -0.508 e. The van der Waals surface area contributed by atoms with Gasteiger partial charge in [0, 0.05) is 6.07 Å². The van der Waals surface area contributed by atoms with Crippen LogP contribution in [0, 0.1) is 6.92 Å². The average molecular weight is 202 g/mol. The standard InChI is InChI=1S/C11H10N2O2/c1-8-2-7-11(13-12-8)15-10-5-3-9(14)4-6-10/h2-7,14H,1H3. The normalized spacial score (nSPS) is 9.93. The van der Waals surface area contributed by atoms with E-state index in [0.717, 1.165) is 5.69 Å². The first kappa shape index (κ1) is 9.45. The van der Waals surface area contributed by atoms with Gasteiger partial charge in [0.15, 0.2) is 0 Å². The first-order valence-corrected chi connectivity index (χ1v) is 4.51. The maximum atomic E-state index is 9.08. The van der Waals surface area contributed by atoms with Crippen molar-refractivity contribution < 1.29 is 9.84 Å². The van der Waals surface area contributed by atoms with Gasteiger partial charge < -0.3 is 9.84 Å². The van der Waals surface area contributed by atoms with Crippen molar-refractivity contribution in [3.05, 3.63) is 42.1 Å². The first-order valence-electron chi connectivity index (χ1n) is 4.51. The van der Waals surface area contributed by atoms with Crippen molar-refractivity contribution in [2.45, 2.75) is 6.92 Å². The number of nitrogens with zero attached hydrogens (tertiary/aromatic N) is 2. The lowest BCUT2D eigenvalue weighted by Crippen LogP contribution is -1.91. The van der Waals surface area contributed by atoms with Gasteiger partial charge in [-0.15, -0.1) is 5.10 Å². The van der Waals surface area contributed by atoms with Crippen molar-refractivity contribution in [3.8, 4) is 17.4 Å². The molecule has 1 aromatic carbocycles. The van der Waals surface area contributed by atoms with Crippen molar-refractivity contribution in [1.29, 1.82) is 0 Å². The number of aryl methyl sites for hydroxylation is 1. The maximum Gasteiger partial charge on any atom is 0.238 e. The highest BCUT2D eigenvalue weighted by Gasteiger charge is 1.98. The maximum absolute atomic E-state index is 9.08. The molecule has 0 bridgehead atoms. The second-order valence-electron chi connectivity index (χ2n) is 3.11. The summed E-state index contributed by atoms with van der Waals surface area (Å²) in [5, 5.41) is 16.8. The summed E-state index contributed by atoms with van der Waals surface area (Å²) in [6.45, 7) is 1.86. The molecule has 2 rings (SSSR count). The van der Waals surface area contributed by atoms with E-state index in [0.29, 0.717) is 11.6 Å². The molecule has 2 aromatic rings. The van der Waals surface area contributed by atoms with E-state index in [1.54, 1.807) is 30.3 Å². The lowest BCUT2D eigenvalue weighted by molar-refractivity contribution is 0.448. The number of rotatable bonds is 2. The Morgan fingerprint density at radius 2 is 1.73 bits per heavy atom. The zero-order valence-corrected chi connectivity index (χ0v) is 8.21. The van der Waals surface area contributed by atoms with Gasteiger partial charge in [-0.3, -0.25) is 0 Å². The number of phenols is 1. The molecule has 1 aromatic heterocycles. The predicted octanol–water partition coefficient (Wildman–Crippen LogP) is 2.28. The van der Waals surface area contributed by atoms with E-state index in [2.05, 4.69) is 10.2 Å². The Morgan fingerprint density at radius 3 is 2.33 bits per heavy atom. The topological polar surface area (TPSA) is 55.2 Å². The van der Waals surface area contributed by atoms with E-state index < -0.39 is 0 Å². The third-order valence-corrected chi connectivity index (χ3v) is 1.83. The molecule has 1 N–H and O–H groups in total. The minimum absolute atomic E-state index is 0.206. The molecule has 0 aliphatic rings. The number of hydrogen-bond acceptors (Lipinski definition) is 4. The van der Waals surface area contributed by atoms with Crippen LogP contribution in [-0.4, -0.2) is 15.3 Å². The van der Waals surface area contributed by atoms with Crippen LogP contribution < -0.4 is 4.74 Å². The molecule has 15 heavy (non-hydrogen) atoms. The molecule has 0 radical (unpaired) electrons. The summed E-state index contributed by atoms with van der Waals surface area (Å²) in [5.74, 6) is 1.26. The van der Waals surface area contributed by atoms with Crippen LogP contribution in [0.5, 0.6) is 17.4 Å². The molecule has 0 unspecified atom stereocenters. The zero-order chi connectivity index (χ0) is 10.7. The van der Waals surface area contributed by atoms with Crippen LogP contribution in [0.25, 0.3) is 0 Å². The number of hydrogen-bond donors (Lipinski definition) is 1. The quantitative estimate of drug-likeness (QED) is 0.811. The summed E-state index contributed by atoms with van der Waals surface area (Å²) in [6, 6.07) is 10.00. The van der Waals surface area contributed by atoms with Crippen LogP contribution in [0.3, 0.4) is 0 Å². The summed E-state index contributed by atoms with van der Waals surface area (Å²) in [7, 11) is 0. The molecule has 1 heterocycles. The van der Waals surface area contributed by atoms with Crippen LogP contribution in [0.15, 0.2) is 36.4 Å². The van der Waals surface area contributed by atoms with Crippen molar-refractivity contribution in [2.75, 3.05) is 0 Å². The summed E-state index contributed by atoms with van der Waals surface area (Å²) < 4.78 is 5.40. The van der Waals surface area contributed by atoms with Crippen LogP contribution in [0.2, 0.25) is 0 Å². The van der Waals surface area contributed by atoms with Crippen molar-refractivity contribution in [2.24, 2.45) is 0 Å². The summed E-state index contributed by atoms with van der Waals surface area (Å²) in [5.41, 5.74) is 0.841. The first-order chi connectivity index (χ1) is 7.24. The fourth-order valence-corrected chi connectivity index (χ4v) is 1.08. The average Bonchev–Trinajstić information content (AvgIpc) is 2.25. The van der Waals surface area contributed by atoms with Crippen LogP contribution in [0.4, 0.5) is 0 Å². The molecule has 4 nitrogen and oxygen atoms in total. The lowest BCUT2D eigenvalue weighted by Gasteiger charge is -2.03. The van der Waals surface area contributed by atoms with E-state index in [1.165, 1.54) is 0 Å². The Balaban J connectivity index is 2.15. The molecular weight excluding hydrogens is 192 g/mol. The number of phenolic OH excluding ortho intramolecular Hbond substituents is 1. The molecule has 4 heteroatoms. The van der Waals surface area contributed by atoms with E-state index in [-0.39, 0.29) is 5.75 Å². The largest absolute Gasteiger partial charge is 0.508 e. The molecule has 0 spiro atoms. The molecule has 0 amide bonds. The van der Waals surface area contributed by atoms with Crippen LogP contribution in [0.1, 0.15) is 5.69 Å². The smallest absolute Gasteiger partial charge is 0.238 e. The molecule has 0 atom stereocenters. The van der Waals surface area contributed by atoms with E-state index in [9.17, 15) is 0 Å². The van der Waals surface area contributed by atoms with Gasteiger partial charge in [-0.2, -0.15) is 5.10 Å².